The van der Waals surface area contributed by atoms with Gasteiger partial charge in [-0.25, -0.2) is 4.68 Å². The van der Waals surface area contributed by atoms with Crippen molar-refractivity contribution in [3.05, 3.63) is 92.1 Å². The summed E-state index contributed by atoms with van der Waals surface area (Å²) in [6.07, 6.45) is 1.67. The molecule has 1 saturated carbocycles. The molecule has 0 atom stereocenters. The third kappa shape index (κ3) is 4.60. The van der Waals surface area contributed by atoms with Gasteiger partial charge in [0.05, 0.1) is 12.2 Å². The SMILES string of the molecule is Cc1cc(=O)c(C(=O)N(Cc2nnc(-c3ccc(Cl)cc3)o2)C2CC2)nn1-c1ccc(Cl)cc1. The second-order valence-electron chi connectivity index (χ2n) is 8.06. The van der Waals surface area contributed by atoms with E-state index in [1.165, 1.54) is 6.07 Å². The summed E-state index contributed by atoms with van der Waals surface area (Å²) in [5.74, 6) is 0.130. The van der Waals surface area contributed by atoms with Crippen LogP contribution in [0.25, 0.3) is 17.1 Å². The smallest absolute Gasteiger partial charge is 0.279 e. The van der Waals surface area contributed by atoms with Gasteiger partial charge in [-0.15, -0.1) is 10.2 Å². The summed E-state index contributed by atoms with van der Waals surface area (Å²) in [4.78, 5) is 27.7. The molecule has 2 heterocycles. The lowest BCUT2D eigenvalue weighted by Crippen LogP contribution is -2.37. The zero-order chi connectivity index (χ0) is 23.8. The lowest BCUT2D eigenvalue weighted by atomic mass is 10.2. The molecule has 0 bridgehead atoms. The zero-order valence-electron chi connectivity index (χ0n) is 18.1. The van der Waals surface area contributed by atoms with Crippen LogP contribution in [-0.2, 0) is 6.54 Å². The van der Waals surface area contributed by atoms with E-state index in [2.05, 4.69) is 15.3 Å². The van der Waals surface area contributed by atoms with E-state index < -0.39 is 11.3 Å². The predicted octanol–water partition coefficient (Wildman–Crippen LogP) is 4.70. The van der Waals surface area contributed by atoms with Gasteiger partial charge in [-0.1, -0.05) is 23.2 Å². The molecule has 0 N–H and O–H groups in total. The number of hydrogen-bond donors (Lipinski definition) is 0. The number of hydrogen-bond acceptors (Lipinski definition) is 6. The third-order valence-electron chi connectivity index (χ3n) is 5.49. The summed E-state index contributed by atoms with van der Waals surface area (Å²) in [5, 5.41) is 13.7. The molecule has 1 aliphatic rings. The van der Waals surface area contributed by atoms with Gasteiger partial charge in [0.15, 0.2) is 5.69 Å². The summed E-state index contributed by atoms with van der Waals surface area (Å²) >= 11 is 11.9. The molecular formula is C24H19Cl2N5O3. The predicted molar refractivity (Wildman–Crippen MR) is 127 cm³/mol. The van der Waals surface area contributed by atoms with Crippen molar-refractivity contribution in [2.75, 3.05) is 0 Å². The Kier molecular flexibility index (Phi) is 5.93. The van der Waals surface area contributed by atoms with Crippen molar-refractivity contribution in [3.63, 3.8) is 0 Å². The van der Waals surface area contributed by atoms with E-state index in [0.717, 1.165) is 18.4 Å². The number of carbonyl (C=O) groups is 1. The van der Waals surface area contributed by atoms with Crippen molar-refractivity contribution < 1.29 is 9.21 Å². The average molecular weight is 496 g/mol. The molecule has 4 aromatic rings. The Morgan fingerprint density at radius 2 is 1.71 bits per heavy atom. The highest BCUT2D eigenvalue weighted by Gasteiger charge is 2.36. The molecule has 34 heavy (non-hydrogen) atoms. The van der Waals surface area contributed by atoms with E-state index in [1.54, 1.807) is 65.0 Å². The Labute approximate surface area is 204 Å². The van der Waals surface area contributed by atoms with Gasteiger partial charge in [0.2, 0.25) is 17.2 Å². The molecule has 0 spiro atoms. The molecule has 0 unspecified atom stereocenters. The maximum atomic E-state index is 13.4. The van der Waals surface area contributed by atoms with Crippen molar-refractivity contribution in [2.24, 2.45) is 0 Å². The summed E-state index contributed by atoms with van der Waals surface area (Å²) in [7, 11) is 0. The van der Waals surface area contributed by atoms with Crippen LogP contribution in [0.15, 0.2) is 63.8 Å². The van der Waals surface area contributed by atoms with Crippen LogP contribution in [-0.4, -0.2) is 36.8 Å². The number of rotatable bonds is 6. The van der Waals surface area contributed by atoms with Crippen LogP contribution < -0.4 is 5.43 Å². The first-order valence-corrected chi connectivity index (χ1v) is 11.4. The van der Waals surface area contributed by atoms with Crippen molar-refractivity contribution >= 4 is 29.1 Å². The molecule has 1 fully saturated rings. The Morgan fingerprint density at radius 3 is 2.35 bits per heavy atom. The Morgan fingerprint density at radius 1 is 1.06 bits per heavy atom. The lowest BCUT2D eigenvalue weighted by molar-refractivity contribution is 0.0705. The standard InChI is InChI=1S/C24H19Cl2N5O3/c1-14-12-20(32)22(29-31(14)19-8-6-17(26)7-9-19)24(33)30(18-10-11-18)13-21-27-28-23(34-21)15-2-4-16(25)5-3-15/h2-9,12,18H,10-11,13H2,1H3. The van der Waals surface area contributed by atoms with E-state index in [9.17, 15) is 9.59 Å². The average Bonchev–Trinajstić information content (AvgIpc) is 3.56. The van der Waals surface area contributed by atoms with Gasteiger partial charge in [0.1, 0.15) is 0 Å². The fourth-order valence-electron chi connectivity index (χ4n) is 3.60. The van der Waals surface area contributed by atoms with Crippen LogP contribution in [0.3, 0.4) is 0 Å². The molecule has 0 aliphatic heterocycles. The molecule has 1 aliphatic carbocycles. The van der Waals surface area contributed by atoms with Crippen molar-refractivity contribution in [1.29, 1.82) is 0 Å². The molecular weight excluding hydrogens is 477 g/mol. The number of carbonyl (C=O) groups excluding carboxylic acids is 1. The molecule has 5 rings (SSSR count). The highest BCUT2D eigenvalue weighted by atomic mass is 35.5. The second-order valence-corrected chi connectivity index (χ2v) is 8.93. The van der Waals surface area contributed by atoms with Crippen molar-refractivity contribution in [1.82, 2.24) is 24.9 Å². The quantitative estimate of drug-likeness (QED) is 0.384. The van der Waals surface area contributed by atoms with Crippen LogP contribution in [0.5, 0.6) is 0 Å². The molecule has 2 aromatic carbocycles. The number of halogens is 2. The van der Waals surface area contributed by atoms with E-state index in [4.69, 9.17) is 27.6 Å². The van der Waals surface area contributed by atoms with Gasteiger partial charge in [0, 0.05) is 33.4 Å². The van der Waals surface area contributed by atoms with Gasteiger partial charge in [-0.3, -0.25) is 9.59 Å². The van der Waals surface area contributed by atoms with Crippen LogP contribution in [0.4, 0.5) is 0 Å². The first-order valence-electron chi connectivity index (χ1n) is 10.7. The largest absolute Gasteiger partial charge is 0.419 e. The van der Waals surface area contributed by atoms with Crippen molar-refractivity contribution in [3.8, 4) is 17.1 Å². The van der Waals surface area contributed by atoms with E-state index >= 15 is 0 Å². The topological polar surface area (TPSA) is 94.1 Å². The molecule has 8 nitrogen and oxygen atoms in total. The third-order valence-corrected chi connectivity index (χ3v) is 6.00. The van der Waals surface area contributed by atoms with Gasteiger partial charge in [0.25, 0.3) is 5.91 Å². The molecule has 10 heteroatoms. The lowest BCUT2D eigenvalue weighted by Gasteiger charge is -2.20. The summed E-state index contributed by atoms with van der Waals surface area (Å²) < 4.78 is 7.34. The normalized spacial score (nSPS) is 13.1. The van der Waals surface area contributed by atoms with Gasteiger partial charge in [-0.2, -0.15) is 5.10 Å². The minimum absolute atomic E-state index is 0.00938. The molecule has 1 amide bonds. The Bertz CT molecular complexity index is 1410. The van der Waals surface area contributed by atoms with Crippen LogP contribution in [0.2, 0.25) is 10.0 Å². The Hall–Kier alpha value is -3.49. The van der Waals surface area contributed by atoms with E-state index in [0.29, 0.717) is 27.3 Å². The highest BCUT2D eigenvalue weighted by Crippen LogP contribution is 2.30. The summed E-state index contributed by atoms with van der Waals surface area (Å²) in [6.45, 7) is 1.84. The van der Waals surface area contributed by atoms with Crippen LogP contribution >= 0.6 is 23.2 Å². The van der Waals surface area contributed by atoms with Gasteiger partial charge < -0.3 is 9.32 Å². The molecule has 0 saturated heterocycles. The number of aryl methyl sites for hydroxylation is 1. The minimum Gasteiger partial charge on any atom is -0.419 e. The second kappa shape index (κ2) is 9.04. The first kappa shape index (κ1) is 22.3. The first-order chi connectivity index (χ1) is 16.4. The Balaban J connectivity index is 1.43. The maximum Gasteiger partial charge on any atom is 0.279 e. The summed E-state index contributed by atoms with van der Waals surface area (Å²) in [5.41, 5.74) is 1.42. The zero-order valence-corrected chi connectivity index (χ0v) is 19.6. The monoisotopic (exact) mass is 495 g/mol. The van der Waals surface area contributed by atoms with E-state index in [1.807, 2.05) is 0 Å². The number of amides is 1. The molecule has 0 radical (unpaired) electrons. The van der Waals surface area contributed by atoms with E-state index in [-0.39, 0.29) is 24.2 Å². The minimum atomic E-state index is -0.471. The number of nitrogens with zero attached hydrogens (tertiary/aromatic N) is 5. The fourth-order valence-corrected chi connectivity index (χ4v) is 3.85. The molecule has 172 valence electrons. The maximum absolute atomic E-state index is 13.4. The highest BCUT2D eigenvalue weighted by molar-refractivity contribution is 6.30. The van der Waals surface area contributed by atoms with Crippen LogP contribution in [0.1, 0.15) is 34.9 Å². The fraction of sp³-hybridized carbons (Fsp3) is 0.208. The van der Waals surface area contributed by atoms with Gasteiger partial charge >= 0.3 is 0 Å². The summed E-state index contributed by atoms with van der Waals surface area (Å²) in [6, 6.07) is 15.4. The van der Waals surface area contributed by atoms with Crippen LogP contribution in [0, 0.1) is 6.92 Å². The van der Waals surface area contributed by atoms with Crippen molar-refractivity contribution in [2.45, 2.75) is 32.4 Å². The number of aromatic nitrogens is 4. The number of benzene rings is 2. The van der Waals surface area contributed by atoms with Gasteiger partial charge in [-0.05, 0) is 68.3 Å². The molecule has 2 aromatic heterocycles.